The zero-order chi connectivity index (χ0) is 39.3. The Labute approximate surface area is 322 Å². The first-order valence-electron chi connectivity index (χ1n) is 19.1. The van der Waals surface area contributed by atoms with E-state index in [1.807, 2.05) is 0 Å². The Morgan fingerprint density at radius 2 is 1.17 bits per heavy atom. The standard InChI is InChI=1S/C39H63N5O9S/c1-6-7-8-9-10-11-20-49-21-22-50-23-24-51-25-26-52-27-28-53-34-16-18-35(19-17-34)54(47,48)43-32-14-12-31(13-15-32)41-42-37(46)36(45)40-33-29-38(2,3)44-39(4,5)30-33/h12-19,33,41,43-44H,6-11,20-30H2,1-5H3,(H,40,45)(H,42,46). The van der Waals surface area contributed by atoms with Crippen LogP contribution in [0.3, 0.4) is 0 Å². The van der Waals surface area contributed by atoms with Gasteiger partial charge in [-0.25, -0.2) is 8.42 Å². The fourth-order valence-electron chi connectivity index (χ4n) is 6.38. The van der Waals surface area contributed by atoms with Crippen LogP contribution in [0.5, 0.6) is 5.75 Å². The smallest absolute Gasteiger partial charge is 0.327 e. The molecule has 1 fully saturated rings. The maximum atomic E-state index is 13.0. The second kappa shape index (κ2) is 23.4. The first kappa shape index (κ1) is 44.9. The van der Waals surface area contributed by atoms with Gasteiger partial charge in [0.15, 0.2) is 0 Å². The van der Waals surface area contributed by atoms with Crippen LogP contribution in [0.25, 0.3) is 0 Å². The minimum atomic E-state index is -3.87. The van der Waals surface area contributed by atoms with Crippen LogP contribution in [-0.2, 0) is 38.6 Å². The maximum Gasteiger partial charge on any atom is 0.327 e. The summed E-state index contributed by atoms with van der Waals surface area (Å²) < 4.78 is 56.3. The summed E-state index contributed by atoms with van der Waals surface area (Å²) in [5, 5.41) is 6.37. The lowest BCUT2D eigenvalue weighted by molar-refractivity contribution is -0.139. The number of carbonyl (C=O) groups excluding carboxylic acids is 2. The lowest BCUT2D eigenvalue weighted by Crippen LogP contribution is -2.63. The van der Waals surface area contributed by atoms with Crippen LogP contribution in [0.2, 0.25) is 0 Å². The van der Waals surface area contributed by atoms with Crippen LogP contribution in [0.4, 0.5) is 11.4 Å². The molecule has 2 amide bonds. The molecular formula is C39H63N5O9S. The number of anilines is 2. The molecule has 3 rings (SSSR count). The zero-order valence-corrected chi connectivity index (χ0v) is 33.6. The summed E-state index contributed by atoms with van der Waals surface area (Å²) in [4.78, 5) is 25.0. The number of unbranched alkanes of at least 4 members (excludes halogenated alkanes) is 5. The number of rotatable bonds is 26. The van der Waals surface area contributed by atoms with E-state index in [1.165, 1.54) is 56.4 Å². The van der Waals surface area contributed by atoms with Gasteiger partial charge in [0.25, 0.3) is 10.0 Å². The average Bonchev–Trinajstić information content (AvgIpc) is 3.11. The Bertz CT molecular complexity index is 1470. The van der Waals surface area contributed by atoms with Crippen LogP contribution in [0, 0.1) is 0 Å². The molecule has 5 N–H and O–H groups in total. The first-order chi connectivity index (χ1) is 25.8. The average molecular weight is 778 g/mol. The van der Waals surface area contributed by atoms with E-state index in [4.69, 9.17) is 23.7 Å². The number of hydrogen-bond donors (Lipinski definition) is 5. The molecule has 1 heterocycles. The molecule has 0 bridgehead atoms. The van der Waals surface area contributed by atoms with Gasteiger partial charge in [-0.05, 0) is 95.5 Å². The molecule has 2 aromatic rings. The molecule has 0 radical (unpaired) electrons. The Balaban J connectivity index is 1.23. The second-order valence-electron chi connectivity index (χ2n) is 14.8. The quantitative estimate of drug-likeness (QED) is 0.0485. The van der Waals surface area contributed by atoms with Crippen LogP contribution in [0.1, 0.15) is 86.0 Å². The maximum absolute atomic E-state index is 13.0. The van der Waals surface area contributed by atoms with Gasteiger partial charge < -0.3 is 34.3 Å². The van der Waals surface area contributed by atoms with Gasteiger partial charge in [-0.1, -0.05) is 39.0 Å². The number of sulfonamides is 1. The summed E-state index contributed by atoms with van der Waals surface area (Å²) in [6.45, 7) is 15.0. The fraction of sp³-hybridized carbons (Fsp3) is 0.641. The first-order valence-corrected chi connectivity index (χ1v) is 20.6. The van der Waals surface area contributed by atoms with E-state index in [9.17, 15) is 18.0 Å². The van der Waals surface area contributed by atoms with Crippen LogP contribution < -0.4 is 30.9 Å². The van der Waals surface area contributed by atoms with Crippen molar-refractivity contribution < 1.29 is 41.7 Å². The largest absolute Gasteiger partial charge is 0.491 e. The van der Waals surface area contributed by atoms with Gasteiger partial charge >= 0.3 is 11.8 Å². The molecule has 15 heteroatoms. The summed E-state index contributed by atoms with van der Waals surface area (Å²) in [6, 6.07) is 12.1. The van der Waals surface area contributed by atoms with E-state index < -0.39 is 21.8 Å². The van der Waals surface area contributed by atoms with Crippen molar-refractivity contribution in [3.63, 3.8) is 0 Å². The highest BCUT2D eigenvalue weighted by Gasteiger charge is 2.38. The molecule has 2 aromatic carbocycles. The normalized spacial score (nSPS) is 15.4. The molecule has 0 unspecified atom stereocenters. The van der Waals surface area contributed by atoms with E-state index in [0.717, 1.165) is 13.0 Å². The zero-order valence-electron chi connectivity index (χ0n) is 32.8. The number of ether oxygens (including phenoxy) is 5. The lowest BCUT2D eigenvalue weighted by atomic mass is 9.79. The summed E-state index contributed by atoms with van der Waals surface area (Å²) in [5.41, 5.74) is 5.50. The van der Waals surface area contributed by atoms with Gasteiger partial charge in [0, 0.05) is 29.4 Å². The number of hydrogen-bond acceptors (Lipinski definition) is 11. The van der Waals surface area contributed by atoms with Crippen LogP contribution >= 0.6 is 0 Å². The van der Waals surface area contributed by atoms with E-state index in [2.05, 4.69) is 60.8 Å². The molecular weight excluding hydrogens is 715 g/mol. The predicted molar refractivity (Wildman–Crippen MR) is 210 cm³/mol. The number of hydrazine groups is 1. The van der Waals surface area contributed by atoms with Gasteiger partial charge in [0.1, 0.15) is 12.4 Å². The molecule has 0 aliphatic carbocycles. The van der Waals surface area contributed by atoms with Crippen molar-refractivity contribution in [1.29, 1.82) is 0 Å². The van der Waals surface area contributed by atoms with E-state index >= 15 is 0 Å². The minimum absolute atomic E-state index is 0.0638. The molecule has 0 atom stereocenters. The van der Waals surface area contributed by atoms with Crippen molar-refractivity contribution in [2.75, 3.05) is 69.6 Å². The summed E-state index contributed by atoms with van der Waals surface area (Å²) in [5.74, 6) is -1.05. The Kier molecular flexibility index (Phi) is 19.5. The highest BCUT2D eigenvalue weighted by Crippen LogP contribution is 2.28. The van der Waals surface area contributed by atoms with Crippen LogP contribution in [0.15, 0.2) is 53.4 Å². The third-order valence-corrected chi connectivity index (χ3v) is 9.98. The molecule has 1 aliphatic rings. The molecule has 0 aromatic heterocycles. The van der Waals surface area contributed by atoms with Gasteiger partial charge in [-0.2, -0.15) is 0 Å². The minimum Gasteiger partial charge on any atom is -0.491 e. The Morgan fingerprint density at radius 1 is 0.667 bits per heavy atom. The predicted octanol–water partition coefficient (Wildman–Crippen LogP) is 5.16. The van der Waals surface area contributed by atoms with E-state index in [1.54, 1.807) is 24.3 Å². The number of carbonyl (C=O) groups is 2. The molecule has 0 saturated carbocycles. The number of piperidine rings is 1. The summed E-state index contributed by atoms with van der Waals surface area (Å²) in [7, 11) is -3.87. The van der Waals surface area contributed by atoms with Crippen molar-refractivity contribution >= 4 is 33.2 Å². The van der Waals surface area contributed by atoms with Gasteiger partial charge in [0.2, 0.25) is 0 Å². The molecule has 54 heavy (non-hydrogen) atoms. The molecule has 14 nitrogen and oxygen atoms in total. The van der Waals surface area contributed by atoms with E-state index in [0.29, 0.717) is 82.8 Å². The van der Waals surface area contributed by atoms with Gasteiger partial charge in [-0.15, -0.1) is 0 Å². The van der Waals surface area contributed by atoms with Crippen molar-refractivity contribution in [1.82, 2.24) is 16.1 Å². The Morgan fingerprint density at radius 3 is 1.74 bits per heavy atom. The van der Waals surface area contributed by atoms with Crippen molar-refractivity contribution in [2.45, 2.75) is 108 Å². The van der Waals surface area contributed by atoms with Crippen molar-refractivity contribution in [3.8, 4) is 5.75 Å². The van der Waals surface area contributed by atoms with Crippen molar-refractivity contribution in [3.05, 3.63) is 48.5 Å². The number of benzene rings is 2. The van der Waals surface area contributed by atoms with Crippen LogP contribution in [-0.4, -0.2) is 96.8 Å². The Hall–Kier alpha value is -3.47. The summed E-state index contributed by atoms with van der Waals surface area (Å²) >= 11 is 0. The lowest BCUT2D eigenvalue weighted by Gasteiger charge is -2.46. The number of amides is 2. The van der Waals surface area contributed by atoms with Gasteiger partial charge in [-0.3, -0.25) is 25.2 Å². The second-order valence-corrected chi connectivity index (χ2v) is 16.5. The topological polar surface area (TPSA) is 175 Å². The summed E-state index contributed by atoms with van der Waals surface area (Å²) in [6.07, 6.45) is 8.91. The molecule has 0 spiro atoms. The van der Waals surface area contributed by atoms with Crippen molar-refractivity contribution in [2.24, 2.45) is 0 Å². The van der Waals surface area contributed by atoms with E-state index in [-0.39, 0.29) is 22.0 Å². The molecule has 1 saturated heterocycles. The highest BCUT2D eigenvalue weighted by atomic mass is 32.2. The molecule has 304 valence electrons. The van der Waals surface area contributed by atoms with Gasteiger partial charge in [0.05, 0.1) is 56.8 Å². The molecule has 1 aliphatic heterocycles. The third-order valence-electron chi connectivity index (χ3n) is 8.58. The highest BCUT2D eigenvalue weighted by molar-refractivity contribution is 7.92. The monoisotopic (exact) mass is 777 g/mol. The third kappa shape index (κ3) is 18.2. The SMILES string of the molecule is CCCCCCCCOCCOCCOCCOCCOc1ccc(S(=O)(=O)Nc2ccc(NNC(=O)C(=O)NC3CC(C)(C)NC(C)(C)C3)cc2)cc1. The fourth-order valence-corrected chi connectivity index (χ4v) is 7.44. The number of nitrogens with one attached hydrogen (secondary N) is 5.